The second kappa shape index (κ2) is 5.34. The van der Waals surface area contributed by atoms with Crippen molar-refractivity contribution in [3.63, 3.8) is 0 Å². The Morgan fingerprint density at radius 2 is 1.91 bits per heavy atom. The van der Waals surface area contributed by atoms with Gasteiger partial charge in [0.1, 0.15) is 5.60 Å². The standard InChI is InChI=1S/C18H24F2N2O/c1-6-22(14(11-21)17(4,5)23)15-12-9-7-8-10-13(12)18(19,20)16(15,2)3/h6-11,15,23H,1,21H2,2-5H3/b14-11-. The van der Waals surface area contributed by atoms with Crippen LogP contribution in [0.3, 0.4) is 0 Å². The van der Waals surface area contributed by atoms with Crippen LogP contribution in [-0.4, -0.2) is 15.6 Å². The summed E-state index contributed by atoms with van der Waals surface area (Å²) >= 11 is 0. The zero-order chi connectivity index (χ0) is 17.6. The first-order chi connectivity index (χ1) is 10.5. The van der Waals surface area contributed by atoms with Crippen LogP contribution in [-0.2, 0) is 5.92 Å². The summed E-state index contributed by atoms with van der Waals surface area (Å²) in [5, 5.41) is 10.4. The number of nitrogens with zero attached hydrogens (tertiary/aromatic N) is 1. The molecular formula is C18H24F2N2O. The molecule has 0 aliphatic heterocycles. The monoisotopic (exact) mass is 322 g/mol. The Hall–Kier alpha value is -1.88. The number of benzene rings is 1. The van der Waals surface area contributed by atoms with Crippen LogP contribution in [0.25, 0.3) is 0 Å². The van der Waals surface area contributed by atoms with Crippen LogP contribution in [0.2, 0.25) is 0 Å². The lowest BCUT2D eigenvalue weighted by atomic mass is 9.81. The molecule has 0 spiro atoms. The lowest BCUT2D eigenvalue weighted by molar-refractivity contribution is -0.125. The fourth-order valence-corrected chi connectivity index (χ4v) is 3.38. The number of hydrogen-bond acceptors (Lipinski definition) is 3. The van der Waals surface area contributed by atoms with E-state index >= 15 is 0 Å². The minimum Gasteiger partial charge on any atom is -0.403 e. The van der Waals surface area contributed by atoms with E-state index < -0.39 is 23.0 Å². The van der Waals surface area contributed by atoms with Gasteiger partial charge in [0.25, 0.3) is 5.92 Å². The van der Waals surface area contributed by atoms with Crippen LogP contribution in [0.15, 0.2) is 48.9 Å². The molecule has 0 heterocycles. The third-order valence-corrected chi connectivity index (χ3v) is 4.62. The van der Waals surface area contributed by atoms with Crippen LogP contribution >= 0.6 is 0 Å². The third-order valence-electron chi connectivity index (χ3n) is 4.62. The molecule has 0 saturated carbocycles. The van der Waals surface area contributed by atoms with Crippen molar-refractivity contribution in [3.8, 4) is 0 Å². The molecule has 1 unspecified atom stereocenters. The molecule has 3 nitrogen and oxygen atoms in total. The fourth-order valence-electron chi connectivity index (χ4n) is 3.38. The van der Waals surface area contributed by atoms with E-state index in [9.17, 15) is 13.9 Å². The van der Waals surface area contributed by atoms with Gasteiger partial charge in [0, 0.05) is 11.8 Å². The van der Waals surface area contributed by atoms with Crippen molar-refractivity contribution in [1.29, 1.82) is 0 Å². The first kappa shape index (κ1) is 17.5. The van der Waals surface area contributed by atoms with Crippen molar-refractivity contribution in [1.82, 2.24) is 4.90 Å². The van der Waals surface area contributed by atoms with Crippen LogP contribution in [0.1, 0.15) is 44.9 Å². The van der Waals surface area contributed by atoms with Gasteiger partial charge in [-0.15, -0.1) is 0 Å². The molecule has 126 valence electrons. The molecule has 1 aliphatic rings. The molecule has 5 heteroatoms. The predicted octanol–water partition coefficient (Wildman–Crippen LogP) is 3.88. The lowest BCUT2D eigenvalue weighted by Crippen LogP contribution is -2.43. The summed E-state index contributed by atoms with van der Waals surface area (Å²) in [5.74, 6) is -3.01. The van der Waals surface area contributed by atoms with E-state index in [1.54, 1.807) is 36.9 Å². The Morgan fingerprint density at radius 3 is 2.39 bits per heavy atom. The summed E-state index contributed by atoms with van der Waals surface area (Å²) < 4.78 is 29.9. The second-order valence-corrected chi connectivity index (χ2v) is 6.99. The van der Waals surface area contributed by atoms with Gasteiger partial charge in [-0.05, 0) is 25.6 Å². The minimum absolute atomic E-state index is 0.00830. The smallest absolute Gasteiger partial charge is 0.280 e. The summed E-state index contributed by atoms with van der Waals surface area (Å²) in [6.45, 7) is 9.92. The van der Waals surface area contributed by atoms with Gasteiger partial charge in [-0.1, -0.05) is 44.7 Å². The van der Waals surface area contributed by atoms with Gasteiger partial charge in [-0.3, -0.25) is 0 Å². The average molecular weight is 322 g/mol. The van der Waals surface area contributed by atoms with E-state index in [4.69, 9.17) is 5.73 Å². The number of halogens is 2. The van der Waals surface area contributed by atoms with Crippen LogP contribution < -0.4 is 5.73 Å². The van der Waals surface area contributed by atoms with E-state index in [-0.39, 0.29) is 5.56 Å². The van der Waals surface area contributed by atoms with E-state index in [0.29, 0.717) is 11.3 Å². The van der Waals surface area contributed by atoms with Crippen molar-refractivity contribution < 1.29 is 13.9 Å². The normalized spacial score (nSPS) is 22.6. The Balaban J connectivity index is 2.68. The molecular weight excluding hydrogens is 298 g/mol. The first-order valence-electron chi connectivity index (χ1n) is 7.53. The van der Waals surface area contributed by atoms with Crippen molar-refractivity contribution in [2.24, 2.45) is 11.1 Å². The summed E-state index contributed by atoms with van der Waals surface area (Å²) in [6.07, 6.45) is 2.69. The maximum atomic E-state index is 15.0. The highest BCUT2D eigenvalue weighted by molar-refractivity contribution is 5.43. The maximum Gasteiger partial charge on any atom is 0.280 e. The van der Waals surface area contributed by atoms with E-state index in [2.05, 4.69) is 6.58 Å². The van der Waals surface area contributed by atoms with Crippen molar-refractivity contribution in [2.45, 2.75) is 45.3 Å². The zero-order valence-electron chi connectivity index (χ0n) is 14.0. The highest BCUT2D eigenvalue weighted by atomic mass is 19.3. The fraction of sp³-hybridized carbons (Fsp3) is 0.444. The van der Waals surface area contributed by atoms with Gasteiger partial charge in [-0.2, -0.15) is 0 Å². The van der Waals surface area contributed by atoms with Crippen LogP contribution in [0.5, 0.6) is 0 Å². The molecule has 2 rings (SSSR count). The number of nitrogens with two attached hydrogens (primary N) is 1. The number of hydrogen-bond donors (Lipinski definition) is 2. The molecule has 1 atom stereocenters. The summed E-state index contributed by atoms with van der Waals surface area (Å²) in [6, 6.07) is 5.80. The average Bonchev–Trinajstić information content (AvgIpc) is 2.60. The van der Waals surface area contributed by atoms with Gasteiger partial charge in [0.05, 0.1) is 17.2 Å². The molecule has 0 amide bonds. The molecule has 0 aromatic heterocycles. The van der Waals surface area contributed by atoms with E-state index in [0.717, 1.165) is 0 Å². The SMILES string of the molecule is C=CN(/C(=C\N)C(C)(C)O)C1c2ccccc2C(F)(F)C1(C)C. The molecule has 1 aromatic carbocycles. The largest absolute Gasteiger partial charge is 0.403 e. The topological polar surface area (TPSA) is 49.5 Å². The molecule has 1 aromatic rings. The Morgan fingerprint density at radius 1 is 1.35 bits per heavy atom. The van der Waals surface area contributed by atoms with Gasteiger partial charge in [-0.25, -0.2) is 8.78 Å². The molecule has 3 N–H and O–H groups in total. The van der Waals surface area contributed by atoms with Crippen LogP contribution in [0.4, 0.5) is 8.78 Å². The lowest BCUT2D eigenvalue weighted by Gasteiger charge is -2.42. The molecule has 0 fully saturated rings. The van der Waals surface area contributed by atoms with Gasteiger partial charge in [0.15, 0.2) is 0 Å². The Bertz CT molecular complexity index is 645. The Kier molecular flexibility index (Phi) is 4.06. The van der Waals surface area contributed by atoms with Crippen molar-refractivity contribution >= 4 is 0 Å². The van der Waals surface area contributed by atoms with Gasteiger partial charge in [0.2, 0.25) is 0 Å². The van der Waals surface area contributed by atoms with Gasteiger partial charge >= 0.3 is 0 Å². The second-order valence-electron chi connectivity index (χ2n) is 6.99. The summed E-state index contributed by atoms with van der Waals surface area (Å²) in [5.41, 5.74) is 3.86. The first-order valence-corrected chi connectivity index (χ1v) is 7.53. The highest BCUT2D eigenvalue weighted by Gasteiger charge is 2.61. The molecule has 1 aliphatic carbocycles. The Labute approximate surface area is 136 Å². The number of aliphatic hydroxyl groups is 1. The summed E-state index contributed by atoms with van der Waals surface area (Å²) in [7, 11) is 0. The number of alkyl halides is 2. The zero-order valence-corrected chi connectivity index (χ0v) is 14.0. The number of rotatable bonds is 4. The summed E-state index contributed by atoms with van der Waals surface area (Å²) in [4.78, 5) is 1.56. The predicted molar refractivity (Wildman–Crippen MR) is 87.5 cm³/mol. The molecule has 0 radical (unpaired) electrons. The highest BCUT2D eigenvalue weighted by Crippen LogP contribution is 2.62. The molecule has 0 saturated heterocycles. The van der Waals surface area contributed by atoms with Crippen LogP contribution in [0, 0.1) is 5.41 Å². The molecule has 0 bridgehead atoms. The van der Waals surface area contributed by atoms with Gasteiger partial charge < -0.3 is 15.7 Å². The van der Waals surface area contributed by atoms with E-state index in [1.165, 1.54) is 32.3 Å². The third kappa shape index (κ3) is 2.43. The van der Waals surface area contributed by atoms with E-state index in [1.807, 2.05) is 0 Å². The van der Waals surface area contributed by atoms with Crippen molar-refractivity contribution in [2.75, 3.05) is 0 Å². The quantitative estimate of drug-likeness (QED) is 0.884. The van der Waals surface area contributed by atoms with Crippen molar-refractivity contribution in [3.05, 3.63) is 60.1 Å². The maximum absolute atomic E-state index is 15.0. The minimum atomic E-state index is -3.01. The molecule has 23 heavy (non-hydrogen) atoms. The number of fused-ring (bicyclic) bond motifs is 1.